The minimum absolute atomic E-state index is 0.144. The minimum Gasteiger partial charge on any atom is -0.471 e. The Morgan fingerprint density at radius 3 is 2.53 bits per heavy atom. The van der Waals surface area contributed by atoms with Crippen molar-refractivity contribution in [2.24, 2.45) is 7.05 Å². The lowest BCUT2D eigenvalue weighted by molar-refractivity contribution is -0.137. The number of ether oxygens (including phenoxy) is 1. The molecule has 0 aliphatic carbocycles. The highest BCUT2D eigenvalue weighted by Crippen LogP contribution is 2.29. The summed E-state index contributed by atoms with van der Waals surface area (Å²) in [6.07, 6.45) is -1.95. The van der Waals surface area contributed by atoms with Gasteiger partial charge in [-0.2, -0.15) is 18.3 Å². The predicted octanol–water partition coefficient (Wildman–Crippen LogP) is 3.02. The number of nitrogens with zero attached hydrogens (tertiary/aromatic N) is 3. The van der Waals surface area contributed by atoms with Gasteiger partial charge in [-0.3, -0.25) is 4.68 Å². The van der Waals surface area contributed by atoms with E-state index in [-0.39, 0.29) is 12.5 Å². The Hall–Kier alpha value is -1.32. The molecule has 2 aromatic heterocycles. The van der Waals surface area contributed by atoms with Gasteiger partial charge in [0.1, 0.15) is 6.61 Å². The van der Waals surface area contributed by atoms with Gasteiger partial charge in [0.15, 0.2) is 0 Å². The van der Waals surface area contributed by atoms with Crippen LogP contribution in [0.1, 0.15) is 11.3 Å². The molecule has 0 fully saturated rings. The van der Waals surface area contributed by atoms with Crippen LogP contribution in [0, 0.1) is 3.57 Å². The third kappa shape index (κ3) is 3.37. The Labute approximate surface area is 120 Å². The van der Waals surface area contributed by atoms with Crippen LogP contribution in [0.2, 0.25) is 0 Å². The summed E-state index contributed by atoms with van der Waals surface area (Å²) < 4.78 is 44.9. The van der Waals surface area contributed by atoms with Gasteiger partial charge in [0.05, 0.1) is 21.0 Å². The molecule has 4 nitrogen and oxygen atoms in total. The average molecular weight is 383 g/mol. The highest BCUT2D eigenvalue weighted by atomic mass is 127. The van der Waals surface area contributed by atoms with Crippen molar-refractivity contribution in [1.29, 1.82) is 0 Å². The first-order valence-electron chi connectivity index (χ1n) is 5.20. The van der Waals surface area contributed by atoms with Gasteiger partial charge in [-0.05, 0) is 28.7 Å². The lowest BCUT2D eigenvalue weighted by Gasteiger charge is -2.08. The second kappa shape index (κ2) is 5.35. The van der Waals surface area contributed by atoms with Crippen molar-refractivity contribution in [2.45, 2.75) is 12.8 Å². The van der Waals surface area contributed by atoms with E-state index in [1.54, 1.807) is 17.9 Å². The third-order valence-electron chi connectivity index (χ3n) is 2.43. The van der Waals surface area contributed by atoms with Gasteiger partial charge in [0.2, 0.25) is 5.88 Å². The summed E-state index contributed by atoms with van der Waals surface area (Å²) in [7, 11) is 1.76. The molecular formula is C11H9F3IN3O. The first-order valence-corrected chi connectivity index (χ1v) is 6.28. The fraction of sp³-hybridized carbons (Fsp3) is 0.273. The molecule has 0 saturated heterocycles. The lowest BCUT2D eigenvalue weighted by Crippen LogP contribution is -2.07. The summed E-state index contributed by atoms with van der Waals surface area (Å²) in [5, 5.41) is 4.03. The van der Waals surface area contributed by atoms with Crippen LogP contribution in [0.5, 0.6) is 5.88 Å². The molecule has 0 amide bonds. The van der Waals surface area contributed by atoms with Crippen LogP contribution >= 0.6 is 22.6 Å². The lowest BCUT2D eigenvalue weighted by atomic mass is 10.3. The molecule has 0 spiro atoms. The maximum Gasteiger partial charge on any atom is 0.417 e. The fourth-order valence-corrected chi connectivity index (χ4v) is 2.00. The summed E-state index contributed by atoms with van der Waals surface area (Å²) in [6.45, 7) is 0.202. The Balaban J connectivity index is 2.05. The molecule has 102 valence electrons. The van der Waals surface area contributed by atoms with Gasteiger partial charge in [-0.15, -0.1) is 0 Å². The Bertz CT molecular complexity index is 546. The van der Waals surface area contributed by atoms with Gasteiger partial charge in [0, 0.05) is 19.3 Å². The van der Waals surface area contributed by atoms with Crippen LogP contribution in [-0.4, -0.2) is 14.8 Å². The molecule has 2 rings (SSSR count). The van der Waals surface area contributed by atoms with E-state index >= 15 is 0 Å². The number of pyridine rings is 1. The number of halogens is 4. The SMILES string of the molecule is Cn1ncc(I)c1COc1ccc(C(F)(F)F)cn1. The number of aryl methyl sites for hydroxylation is 1. The molecule has 2 heterocycles. The van der Waals surface area contributed by atoms with Crippen molar-refractivity contribution in [3.63, 3.8) is 0 Å². The van der Waals surface area contributed by atoms with Gasteiger partial charge in [0.25, 0.3) is 0 Å². The highest BCUT2D eigenvalue weighted by molar-refractivity contribution is 14.1. The standard InChI is InChI=1S/C11H9F3IN3O/c1-18-9(8(15)5-17-18)6-19-10-3-2-7(4-16-10)11(12,13)14/h2-5H,6H2,1H3. The van der Waals surface area contributed by atoms with E-state index < -0.39 is 11.7 Å². The zero-order chi connectivity index (χ0) is 14.0. The van der Waals surface area contributed by atoms with Crippen molar-refractivity contribution < 1.29 is 17.9 Å². The second-order valence-corrected chi connectivity index (χ2v) is 4.90. The molecule has 0 aliphatic rings. The Morgan fingerprint density at radius 1 is 1.32 bits per heavy atom. The molecule has 0 unspecified atom stereocenters. The maximum absolute atomic E-state index is 12.3. The maximum atomic E-state index is 12.3. The van der Waals surface area contributed by atoms with E-state index in [0.717, 1.165) is 21.5 Å². The monoisotopic (exact) mass is 383 g/mol. The summed E-state index contributed by atoms with van der Waals surface area (Å²) in [5.41, 5.74) is 0.0391. The smallest absolute Gasteiger partial charge is 0.417 e. The van der Waals surface area contributed by atoms with Crippen LogP contribution in [-0.2, 0) is 19.8 Å². The molecule has 0 bridgehead atoms. The zero-order valence-corrected chi connectivity index (χ0v) is 11.9. The summed E-state index contributed by atoms with van der Waals surface area (Å²) in [6, 6.07) is 2.14. The quantitative estimate of drug-likeness (QED) is 0.766. The van der Waals surface area contributed by atoms with E-state index in [9.17, 15) is 13.2 Å². The van der Waals surface area contributed by atoms with Crippen molar-refractivity contribution in [3.8, 4) is 5.88 Å². The normalized spacial score (nSPS) is 11.6. The molecule has 0 saturated carbocycles. The summed E-state index contributed by atoms with van der Waals surface area (Å²) >= 11 is 2.11. The Morgan fingerprint density at radius 2 is 2.05 bits per heavy atom. The van der Waals surface area contributed by atoms with Crippen LogP contribution in [0.25, 0.3) is 0 Å². The van der Waals surface area contributed by atoms with Gasteiger partial charge in [-0.25, -0.2) is 4.98 Å². The first-order chi connectivity index (χ1) is 8.88. The molecule has 0 aromatic carbocycles. The van der Waals surface area contributed by atoms with E-state index in [1.165, 1.54) is 6.07 Å². The second-order valence-electron chi connectivity index (χ2n) is 3.73. The van der Waals surface area contributed by atoms with E-state index in [0.29, 0.717) is 0 Å². The van der Waals surface area contributed by atoms with Crippen LogP contribution in [0.3, 0.4) is 0 Å². The van der Waals surface area contributed by atoms with Crippen molar-refractivity contribution in [1.82, 2.24) is 14.8 Å². The predicted molar refractivity (Wildman–Crippen MR) is 69.5 cm³/mol. The van der Waals surface area contributed by atoms with E-state index in [1.807, 2.05) is 0 Å². The zero-order valence-electron chi connectivity index (χ0n) is 9.78. The van der Waals surface area contributed by atoms with E-state index in [2.05, 4.69) is 32.7 Å². The Kier molecular flexibility index (Phi) is 3.97. The third-order valence-corrected chi connectivity index (χ3v) is 3.33. The number of alkyl halides is 3. The molecule has 0 N–H and O–H groups in total. The average Bonchev–Trinajstić information content (AvgIpc) is 2.66. The highest BCUT2D eigenvalue weighted by Gasteiger charge is 2.30. The van der Waals surface area contributed by atoms with Crippen LogP contribution in [0.4, 0.5) is 13.2 Å². The minimum atomic E-state index is -4.39. The largest absolute Gasteiger partial charge is 0.471 e. The number of rotatable bonds is 3. The fourth-order valence-electron chi connectivity index (χ4n) is 1.37. The summed E-state index contributed by atoms with van der Waals surface area (Å²) in [4.78, 5) is 3.63. The van der Waals surface area contributed by atoms with Crippen LogP contribution in [0.15, 0.2) is 24.5 Å². The topological polar surface area (TPSA) is 39.9 Å². The summed E-state index contributed by atoms with van der Waals surface area (Å²) in [5.74, 6) is 0.144. The molecule has 8 heteroatoms. The van der Waals surface area contributed by atoms with Crippen LogP contribution < -0.4 is 4.74 Å². The molecule has 0 aliphatic heterocycles. The molecular weight excluding hydrogens is 374 g/mol. The molecule has 19 heavy (non-hydrogen) atoms. The molecule has 0 atom stereocenters. The number of aromatic nitrogens is 3. The molecule has 0 radical (unpaired) electrons. The van der Waals surface area contributed by atoms with Crippen molar-refractivity contribution in [2.75, 3.05) is 0 Å². The number of hydrogen-bond donors (Lipinski definition) is 0. The van der Waals surface area contributed by atoms with Gasteiger partial charge < -0.3 is 4.74 Å². The first kappa shape index (κ1) is 14.1. The van der Waals surface area contributed by atoms with Crippen molar-refractivity contribution >= 4 is 22.6 Å². The van der Waals surface area contributed by atoms with Gasteiger partial charge in [-0.1, -0.05) is 0 Å². The van der Waals surface area contributed by atoms with Crippen molar-refractivity contribution in [3.05, 3.63) is 39.4 Å². The van der Waals surface area contributed by atoms with Gasteiger partial charge >= 0.3 is 6.18 Å². The molecule has 2 aromatic rings. The number of hydrogen-bond acceptors (Lipinski definition) is 3. The van der Waals surface area contributed by atoms with E-state index in [4.69, 9.17) is 4.74 Å².